The lowest BCUT2D eigenvalue weighted by molar-refractivity contribution is -0.0228. The normalized spacial score (nSPS) is 17.7. The molecule has 0 aromatic heterocycles. The standard InChI is InChI=1S/C20H23FN2O4S/c1-14(2)22-28(25,26)18-5-3-4-16(12-18)20(24)23-10-11-27-19(13-23)15-6-8-17(21)9-7-15/h3-9,12,14,19,22H,10-11,13H2,1-2H3. The topological polar surface area (TPSA) is 75.7 Å². The fraction of sp³-hybridized carbons (Fsp3) is 0.350. The molecule has 1 saturated heterocycles. The van der Waals surface area contributed by atoms with E-state index in [0.29, 0.717) is 25.3 Å². The van der Waals surface area contributed by atoms with Crippen LogP contribution in [0.1, 0.15) is 35.9 Å². The molecular weight excluding hydrogens is 383 g/mol. The summed E-state index contributed by atoms with van der Waals surface area (Å²) in [6.45, 7) is 4.52. The molecule has 1 fully saturated rings. The SMILES string of the molecule is CC(C)NS(=O)(=O)c1cccc(C(=O)N2CCOC(c3ccc(F)cc3)C2)c1. The van der Waals surface area contributed by atoms with E-state index in [4.69, 9.17) is 4.74 Å². The van der Waals surface area contributed by atoms with Gasteiger partial charge in [-0.25, -0.2) is 17.5 Å². The average Bonchev–Trinajstić information content (AvgIpc) is 2.67. The Labute approximate surface area is 164 Å². The van der Waals surface area contributed by atoms with Gasteiger partial charge in [-0.2, -0.15) is 0 Å². The van der Waals surface area contributed by atoms with Crippen molar-refractivity contribution in [2.75, 3.05) is 19.7 Å². The molecule has 1 N–H and O–H groups in total. The van der Waals surface area contributed by atoms with Gasteiger partial charge in [0.1, 0.15) is 11.9 Å². The zero-order valence-electron chi connectivity index (χ0n) is 15.8. The predicted octanol–water partition coefficient (Wildman–Crippen LogP) is 2.73. The predicted molar refractivity (Wildman–Crippen MR) is 103 cm³/mol. The van der Waals surface area contributed by atoms with Crippen molar-refractivity contribution in [3.05, 3.63) is 65.5 Å². The van der Waals surface area contributed by atoms with Gasteiger partial charge in [-0.05, 0) is 49.7 Å². The maximum absolute atomic E-state index is 13.1. The van der Waals surface area contributed by atoms with Gasteiger partial charge >= 0.3 is 0 Å². The monoisotopic (exact) mass is 406 g/mol. The number of rotatable bonds is 5. The Hall–Kier alpha value is -2.29. The van der Waals surface area contributed by atoms with Crippen LogP contribution in [-0.2, 0) is 14.8 Å². The highest BCUT2D eigenvalue weighted by Gasteiger charge is 2.27. The number of hydrogen-bond acceptors (Lipinski definition) is 4. The van der Waals surface area contributed by atoms with Crippen molar-refractivity contribution in [3.8, 4) is 0 Å². The Morgan fingerprint density at radius 2 is 1.93 bits per heavy atom. The number of carbonyl (C=O) groups excluding carboxylic acids is 1. The minimum Gasteiger partial charge on any atom is -0.370 e. The summed E-state index contributed by atoms with van der Waals surface area (Å²) in [7, 11) is -3.69. The lowest BCUT2D eigenvalue weighted by atomic mass is 10.1. The molecule has 3 rings (SSSR count). The van der Waals surface area contributed by atoms with E-state index in [1.807, 2.05) is 0 Å². The largest absolute Gasteiger partial charge is 0.370 e. The second kappa shape index (κ2) is 8.38. The minimum atomic E-state index is -3.69. The Kier molecular flexibility index (Phi) is 6.12. The Morgan fingerprint density at radius 3 is 2.61 bits per heavy atom. The highest BCUT2D eigenvalue weighted by atomic mass is 32.2. The molecule has 1 atom stereocenters. The molecule has 0 aliphatic carbocycles. The van der Waals surface area contributed by atoms with E-state index in [-0.39, 0.29) is 28.8 Å². The number of hydrogen-bond donors (Lipinski definition) is 1. The second-order valence-corrected chi connectivity index (χ2v) is 8.68. The van der Waals surface area contributed by atoms with Crippen LogP contribution in [0.25, 0.3) is 0 Å². The molecule has 150 valence electrons. The summed E-state index contributed by atoms with van der Waals surface area (Å²) < 4.78 is 46.1. The van der Waals surface area contributed by atoms with Crippen molar-refractivity contribution in [1.29, 1.82) is 0 Å². The molecule has 1 amide bonds. The van der Waals surface area contributed by atoms with E-state index in [2.05, 4.69) is 4.72 Å². The molecule has 6 nitrogen and oxygen atoms in total. The van der Waals surface area contributed by atoms with Crippen LogP contribution in [0.4, 0.5) is 4.39 Å². The highest BCUT2D eigenvalue weighted by Crippen LogP contribution is 2.24. The molecule has 1 aliphatic rings. The molecule has 2 aromatic carbocycles. The lowest BCUT2D eigenvalue weighted by Gasteiger charge is -2.33. The third kappa shape index (κ3) is 4.76. The summed E-state index contributed by atoms with van der Waals surface area (Å²) in [4.78, 5) is 14.6. The van der Waals surface area contributed by atoms with E-state index in [0.717, 1.165) is 5.56 Å². The molecule has 0 radical (unpaired) electrons. The first kappa shape index (κ1) is 20.4. The first-order valence-electron chi connectivity index (χ1n) is 9.05. The van der Waals surface area contributed by atoms with Gasteiger partial charge in [-0.1, -0.05) is 18.2 Å². The van der Waals surface area contributed by atoms with Crippen molar-refractivity contribution in [1.82, 2.24) is 9.62 Å². The fourth-order valence-electron chi connectivity index (χ4n) is 3.07. The van der Waals surface area contributed by atoms with E-state index in [9.17, 15) is 17.6 Å². The van der Waals surface area contributed by atoms with E-state index < -0.39 is 10.0 Å². The molecule has 2 aromatic rings. The quantitative estimate of drug-likeness (QED) is 0.829. The molecule has 0 spiro atoms. The zero-order valence-corrected chi connectivity index (χ0v) is 16.6. The van der Waals surface area contributed by atoms with Crippen molar-refractivity contribution in [2.24, 2.45) is 0 Å². The van der Waals surface area contributed by atoms with Crippen LogP contribution in [0.3, 0.4) is 0 Å². The van der Waals surface area contributed by atoms with Gasteiger partial charge in [0.25, 0.3) is 5.91 Å². The van der Waals surface area contributed by atoms with Gasteiger partial charge in [0, 0.05) is 18.2 Å². The van der Waals surface area contributed by atoms with Gasteiger partial charge in [0.05, 0.1) is 18.0 Å². The van der Waals surface area contributed by atoms with Gasteiger partial charge in [-0.3, -0.25) is 4.79 Å². The number of halogens is 1. The van der Waals surface area contributed by atoms with Crippen LogP contribution in [0.15, 0.2) is 53.4 Å². The van der Waals surface area contributed by atoms with E-state index in [1.165, 1.54) is 24.3 Å². The van der Waals surface area contributed by atoms with Gasteiger partial charge < -0.3 is 9.64 Å². The third-order valence-electron chi connectivity index (χ3n) is 4.38. The van der Waals surface area contributed by atoms with Gasteiger partial charge in [-0.15, -0.1) is 0 Å². The number of nitrogens with one attached hydrogen (secondary N) is 1. The maximum atomic E-state index is 13.1. The highest BCUT2D eigenvalue weighted by molar-refractivity contribution is 7.89. The third-order valence-corrected chi connectivity index (χ3v) is 6.03. The van der Waals surface area contributed by atoms with Crippen LogP contribution in [0, 0.1) is 5.82 Å². The number of sulfonamides is 1. The molecule has 0 saturated carbocycles. The van der Waals surface area contributed by atoms with Gasteiger partial charge in [0.2, 0.25) is 10.0 Å². The number of ether oxygens (including phenoxy) is 1. The summed E-state index contributed by atoms with van der Waals surface area (Å²) >= 11 is 0. The molecule has 0 bridgehead atoms. The maximum Gasteiger partial charge on any atom is 0.254 e. The molecule has 8 heteroatoms. The van der Waals surface area contributed by atoms with Crippen LogP contribution in [0.5, 0.6) is 0 Å². The summed E-state index contributed by atoms with van der Waals surface area (Å²) in [6.07, 6.45) is -0.354. The first-order valence-corrected chi connectivity index (χ1v) is 10.5. The average molecular weight is 406 g/mol. The molecular formula is C20H23FN2O4S. The fourth-order valence-corrected chi connectivity index (χ4v) is 4.37. The van der Waals surface area contributed by atoms with Crippen molar-refractivity contribution in [3.63, 3.8) is 0 Å². The zero-order chi connectivity index (χ0) is 20.3. The van der Waals surface area contributed by atoms with E-state index in [1.54, 1.807) is 43.0 Å². The summed E-state index contributed by atoms with van der Waals surface area (Å²) in [5, 5.41) is 0. The Bertz CT molecular complexity index is 945. The van der Waals surface area contributed by atoms with Crippen molar-refractivity contribution in [2.45, 2.75) is 30.9 Å². The second-order valence-electron chi connectivity index (χ2n) is 6.97. The number of morpholine rings is 1. The summed E-state index contributed by atoms with van der Waals surface area (Å²) in [5.41, 5.74) is 1.09. The first-order chi connectivity index (χ1) is 13.3. The number of nitrogens with zero attached hydrogens (tertiary/aromatic N) is 1. The Morgan fingerprint density at radius 1 is 1.21 bits per heavy atom. The van der Waals surface area contributed by atoms with E-state index >= 15 is 0 Å². The smallest absolute Gasteiger partial charge is 0.254 e. The molecule has 1 aliphatic heterocycles. The number of benzene rings is 2. The van der Waals surface area contributed by atoms with Crippen LogP contribution in [-0.4, -0.2) is 45.0 Å². The summed E-state index contributed by atoms with van der Waals surface area (Å²) in [6, 6.07) is 11.7. The molecule has 28 heavy (non-hydrogen) atoms. The van der Waals surface area contributed by atoms with Crippen LogP contribution < -0.4 is 4.72 Å². The molecule has 1 unspecified atom stereocenters. The minimum absolute atomic E-state index is 0.0513. The lowest BCUT2D eigenvalue weighted by Crippen LogP contribution is -2.42. The molecule has 1 heterocycles. The Balaban J connectivity index is 1.78. The summed E-state index contributed by atoms with van der Waals surface area (Å²) in [5.74, 6) is -0.600. The van der Waals surface area contributed by atoms with Crippen LogP contribution in [0.2, 0.25) is 0 Å². The van der Waals surface area contributed by atoms with Crippen LogP contribution >= 0.6 is 0 Å². The van der Waals surface area contributed by atoms with Crippen molar-refractivity contribution < 1.29 is 22.3 Å². The van der Waals surface area contributed by atoms with Crippen molar-refractivity contribution >= 4 is 15.9 Å². The number of amides is 1. The number of carbonyl (C=O) groups is 1. The van der Waals surface area contributed by atoms with Gasteiger partial charge in [0.15, 0.2) is 0 Å².